The van der Waals surface area contributed by atoms with Gasteiger partial charge in [-0.1, -0.05) is 19.1 Å². The topological polar surface area (TPSA) is 78.6 Å². The fourth-order valence-corrected chi connectivity index (χ4v) is 2.59. The van der Waals surface area contributed by atoms with Crippen LogP contribution in [0.3, 0.4) is 0 Å². The van der Waals surface area contributed by atoms with Crippen LogP contribution in [0.15, 0.2) is 24.3 Å². The molecule has 21 heavy (non-hydrogen) atoms. The molecule has 1 rings (SSSR count). The number of hydrogen-bond donors (Lipinski definition) is 1. The second-order valence-corrected chi connectivity index (χ2v) is 7.02. The van der Waals surface area contributed by atoms with Crippen LogP contribution in [0.1, 0.15) is 25.3 Å². The van der Waals surface area contributed by atoms with E-state index in [4.69, 9.17) is 14.6 Å². The predicted octanol–water partition coefficient (Wildman–Crippen LogP) is 1.96. The molecule has 2 N–H and O–H groups in total. The van der Waals surface area contributed by atoms with Crippen LogP contribution in [-0.2, 0) is 21.2 Å². The molecule has 1 aromatic carbocycles. The first kappa shape index (κ1) is 17.9. The zero-order chi connectivity index (χ0) is 15.7. The van der Waals surface area contributed by atoms with E-state index in [-0.39, 0.29) is 11.7 Å². The Bertz CT molecular complexity index is 499. The highest BCUT2D eigenvalue weighted by Gasteiger charge is 2.08. The third-order valence-corrected chi connectivity index (χ3v) is 4.10. The van der Waals surface area contributed by atoms with Crippen molar-refractivity contribution in [2.24, 2.45) is 11.1 Å². The lowest BCUT2D eigenvalue weighted by molar-refractivity contribution is 0.202. The molecule has 0 spiro atoms. The van der Waals surface area contributed by atoms with Gasteiger partial charge in [-0.3, -0.25) is 0 Å². The molecule has 1 unspecified atom stereocenters. The van der Waals surface area contributed by atoms with Gasteiger partial charge in [-0.15, -0.1) is 0 Å². The summed E-state index contributed by atoms with van der Waals surface area (Å²) in [6, 6.07) is 7.94. The summed E-state index contributed by atoms with van der Waals surface area (Å²) in [5.74, 6) is 1.13. The standard InChI is InChI=1S/C15H25NO4S/c1-13(9-12-21(16,17)18)7-11-20-15-5-3-14(4-6-15)8-10-19-2/h3-6,13H,7-12H2,1-2H3,(H2,16,17,18). The molecule has 0 aliphatic rings. The van der Waals surface area contributed by atoms with Crippen LogP contribution in [0.25, 0.3) is 0 Å². The Balaban J connectivity index is 2.25. The van der Waals surface area contributed by atoms with Crippen molar-refractivity contribution in [1.82, 2.24) is 0 Å². The fraction of sp³-hybridized carbons (Fsp3) is 0.600. The summed E-state index contributed by atoms with van der Waals surface area (Å²) in [5.41, 5.74) is 1.21. The molecule has 6 heteroatoms. The van der Waals surface area contributed by atoms with E-state index in [1.165, 1.54) is 5.56 Å². The van der Waals surface area contributed by atoms with E-state index < -0.39 is 10.0 Å². The lowest BCUT2D eigenvalue weighted by atomic mass is 10.1. The molecule has 0 fully saturated rings. The maximum atomic E-state index is 10.9. The lowest BCUT2D eigenvalue weighted by Gasteiger charge is -2.12. The first-order chi connectivity index (χ1) is 9.90. The third-order valence-electron chi connectivity index (χ3n) is 3.29. The summed E-state index contributed by atoms with van der Waals surface area (Å²) < 4.78 is 32.4. The predicted molar refractivity (Wildman–Crippen MR) is 83.9 cm³/mol. The second kappa shape index (κ2) is 9.02. The number of ether oxygens (including phenoxy) is 2. The molecule has 5 nitrogen and oxygen atoms in total. The monoisotopic (exact) mass is 315 g/mol. The zero-order valence-electron chi connectivity index (χ0n) is 12.7. The van der Waals surface area contributed by atoms with Gasteiger partial charge in [0.15, 0.2) is 0 Å². The highest BCUT2D eigenvalue weighted by Crippen LogP contribution is 2.15. The Hall–Kier alpha value is -1.11. The molecule has 0 aliphatic carbocycles. The number of benzene rings is 1. The zero-order valence-corrected chi connectivity index (χ0v) is 13.6. The molecule has 0 bridgehead atoms. The SMILES string of the molecule is COCCc1ccc(OCCC(C)CCS(N)(=O)=O)cc1. The average Bonchev–Trinajstić information content (AvgIpc) is 2.43. The normalized spacial score (nSPS) is 13.1. The maximum Gasteiger partial charge on any atom is 0.209 e. The minimum absolute atomic E-state index is 0.0301. The molecule has 0 saturated heterocycles. The van der Waals surface area contributed by atoms with Gasteiger partial charge in [-0.05, 0) is 42.9 Å². The molecule has 0 heterocycles. The highest BCUT2D eigenvalue weighted by molar-refractivity contribution is 7.89. The Kier molecular flexibility index (Phi) is 7.71. The molecule has 0 amide bonds. The Morgan fingerprint density at radius 1 is 1.14 bits per heavy atom. The minimum atomic E-state index is -3.36. The van der Waals surface area contributed by atoms with Crippen molar-refractivity contribution in [3.05, 3.63) is 29.8 Å². The molecule has 0 aromatic heterocycles. The number of methoxy groups -OCH3 is 1. The van der Waals surface area contributed by atoms with Gasteiger partial charge >= 0.3 is 0 Å². The van der Waals surface area contributed by atoms with E-state index in [0.717, 1.165) is 18.6 Å². The van der Waals surface area contributed by atoms with Crippen molar-refractivity contribution in [3.63, 3.8) is 0 Å². The summed E-state index contributed by atoms with van der Waals surface area (Å²) in [4.78, 5) is 0. The van der Waals surface area contributed by atoms with E-state index in [9.17, 15) is 8.42 Å². The van der Waals surface area contributed by atoms with Crippen molar-refractivity contribution < 1.29 is 17.9 Å². The van der Waals surface area contributed by atoms with E-state index in [1.54, 1.807) is 7.11 Å². The van der Waals surface area contributed by atoms with Gasteiger partial charge in [-0.25, -0.2) is 13.6 Å². The summed E-state index contributed by atoms with van der Waals surface area (Å²) in [6.45, 7) is 3.29. The van der Waals surface area contributed by atoms with Crippen molar-refractivity contribution >= 4 is 10.0 Å². The van der Waals surface area contributed by atoms with E-state index in [0.29, 0.717) is 19.6 Å². The van der Waals surface area contributed by atoms with Crippen LogP contribution < -0.4 is 9.88 Å². The lowest BCUT2D eigenvalue weighted by Crippen LogP contribution is -2.18. The largest absolute Gasteiger partial charge is 0.494 e. The molecular formula is C15H25NO4S. The van der Waals surface area contributed by atoms with Crippen LogP contribution in [0.4, 0.5) is 0 Å². The highest BCUT2D eigenvalue weighted by atomic mass is 32.2. The third kappa shape index (κ3) is 8.70. The van der Waals surface area contributed by atoms with Crippen LogP contribution in [-0.4, -0.2) is 34.5 Å². The van der Waals surface area contributed by atoms with Crippen LogP contribution in [0, 0.1) is 5.92 Å². The van der Waals surface area contributed by atoms with Crippen molar-refractivity contribution in [1.29, 1.82) is 0 Å². The summed E-state index contributed by atoms with van der Waals surface area (Å²) in [6.07, 6.45) is 2.26. The number of hydrogen-bond acceptors (Lipinski definition) is 4. The van der Waals surface area contributed by atoms with Gasteiger partial charge in [0.05, 0.1) is 19.0 Å². The second-order valence-electron chi connectivity index (χ2n) is 5.28. The van der Waals surface area contributed by atoms with Gasteiger partial charge in [-0.2, -0.15) is 0 Å². The van der Waals surface area contributed by atoms with Crippen LogP contribution >= 0.6 is 0 Å². The molecule has 0 radical (unpaired) electrons. The first-order valence-corrected chi connectivity index (χ1v) is 8.83. The number of nitrogens with two attached hydrogens (primary N) is 1. The molecule has 1 aromatic rings. The first-order valence-electron chi connectivity index (χ1n) is 7.12. The van der Waals surface area contributed by atoms with Crippen LogP contribution in [0.5, 0.6) is 5.75 Å². The molecule has 0 saturated carbocycles. The quantitative estimate of drug-likeness (QED) is 0.716. The van der Waals surface area contributed by atoms with Crippen molar-refractivity contribution in [3.8, 4) is 5.75 Å². The molecule has 0 aliphatic heterocycles. The molecular weight excluding hydrogens is 290 g/mol. The average molecular weight is 315 g/mol. The fourth-order valence-electron chi connectivity index (χ4n) is 1.86. The van der Waals surface area contributed by atoms with Gasteiger partial charge in [0.2, 0.25) is 10.0 Å². The Morgan fingerprint density at radius 2 is 1.81 bits per heavy atom. The molecule has 120 valence electrons. The molecule has 1 atom stereocenters. The van der Waals surface area contributed by atoms with Crippen LogP contribution in [0.2, 0.25) is 0 Å². The van der Waals surface area contributed by atoms with E-state index in [1.807, 2.05) is 31.2 Å². The van der Waals surface area contributed by atoms with Crippen molar-refractivity contribution in [2.75, 3.05) is 26.1 Å². The van der Waals surface area contributed by atoms with Crippen molar-refractivity contribution in [2.45, 2.75) is 26.2 Å². The summed E-state index contributed by atoms with van der Waals surface area (Å²) >= 11 is 0. The van der Waals surface area contributed by atoms with Gasteiger partial charge in [0.25, 0.3) is 0 Å². The maximum absolute atomic E-state index is 10.9. The summed E-state index contributed by atoms with van der Waals surface area (Å²) in [7, 11) is -1.67. The van der Waals surface area contributed by atoms with Gasteiger partial charge in [0, 0.05) is 7.11 Å². The Morgan fingerprint density at radius 3 is 2.38 bits per heavy atom. The van der Waals surface area contributed by atoms with Gasteiger partial charge < -0.3 is 9.47 Å². The Labute approximate surface area is 127 Å². The summed E-state index contributed by atoms with van der Waals surface area (Å²) in [5, 5.41) is 4.98. The minimum Gasteiger partial charge on any atom is -0.494 e. The number of sulfonamides is 1. The van der Waals surface area contributed by atoms with Gasteiger partial charge in [0.1, 0.15) is 5.75 Å². The smallest absolute Gasteiger partial charge is 0.209 e. The number of primary sulfonamides is 1. The van der Waals surface area contributed by atoms with E-state index >= 15 is 0 Å². The number of rotatable bonds is 10. The van der Waals surface area contributed by atoms with E-state index in [2.05, 4.69) is 0 Å².